The molecular weight excluding hydrogens is 208 g/mol. The molecule has 12 heavy (non-hydrogen) atoms. The van der Waals surface area contributed by atoms with Crippen LogP contribution in [0.2, 0.25) is 0 Å². The number of rotatable bonds is 0. The fraction of sp³-hybridized carbons (Fsp3) is 1.00. The molecule has 0 fully saturated rings. The van der Waals surface area contributed by atoms with E-state index in [0.29, 0.717) is 0 Å². The van der Waals surface area contributed by atoms with Gasteiger partial charge in [0.1, 0.15) is 0 Å². The molecule has 0 amide bonds. The zero-order chi connectivity index (χ0) is 9.86. The SMILES string of the molecule is C.CNC.O=[P+](O)O.O=[P+](O)O. The normalized spacial score (nSPS) is 5.83. The number of hydrogen-bond donors (Lipinski definition) is 5. The molecular formula is C3H15NO6P2+2. The monoisotopic (exact) mass is 223 g/mol. The summed E-state index contributed by atoms with van der Waals surface area (Å²) in [6.07, 6.45) is 0. The molecule has 0 rings (SSSR count). The van der Waals surface area contributed by atoms with Crippen LogP contribution in [-0.4, -0.2) is 33.7 Å². The van der Waals surface area contributed by atoms with Gasteiger partial charge >= 0.3 is 16.5 Å². The van der Waals surface area contributed by atoms with E-state index in [9.17, 15) is 0 Å². The first-order chi connectivity index (χ1) is 4.88. The Labute approximate surface area is 73.0 Å². The van der Waals surface area contributed by atoms with Gasteiger partial charge in [0.25, 0.3) is 0 Å². The molecule has 0 unspecified atom stereocenters. The highest BCUT2D eigenvalue weighted by molar-refractivity contribution is 7.31. The van der Waals surface area contributed by atoms with Gasteiger partial charge in [-0.15, -0.1) is 19.6 Å². The minimum absolute atomic E-state index is 0. The third-order valence-electron chi connectivity index (χ3n) is 0. The second kappa shape index (κ2) is 22.4. The largest absolute Gasteiger partial charge is 0.692 e. The van der Waals surface area contributed by atoms with Gasteiger partial charge in [-0.05, 0) is 14.1 Å². The average molecular weight is 223 g/mol. The van der Waals surface area contributed by atoms with Crippen LogP contribution in [0.1, 0.15) is 7.43 Å². The molecule has 0 saturated heterocycles. The molecule has 0 aliphatic carbocycles. The Kier molecular flexibility index (Phi) is 42.4. The second-order valence-electron chi connectivity index (χ2n) is 1.01. The topological polar surface area (TPSA) is 127 Å². The molecule has 0 aliphatic rings. The predicted molar refractivity (Wildman–Crippen MR) is 45.8 cm³/mol. The van der Waals surface area contributed by atoms with Gasteiger partial charge in [0.15, 0.2) is 0 Å². The molecule has 0 atom stereocenters. The van der Waals surface area contributed by atoms with Gasteiger partial charge in [0.2, 0.25) is 0 Å². The van der Waals surface area contributed by atoms with Crippen LogP contribution in [-0.2, 0) is 9.13 Å². The molecule has 0 bridgehead atoms. The van der Waals surface area contributed by atoms with E-state index in [2.05, 4.69) is 5.32 Å². The van der Waals surface area contributed by atoms with Crippen LogP contribution >= 0.6 is 16.5 Å². The molecule has 0 aromatic heterocycles. The van der Waals surface area contributed by atoms with E-state index >= 15 is 0 Å². The predicted octanol–water partition coefficient (Wildman–Crippen LogP) is -0.272. The summed E-state index contributed by atoms with van der Waals surface area (Å²) >= 11 is 0. The van der Waals surface area contributed by atoms with E-state index in [-0.39, 0.29) is 7.43 Å². The van der Waals surface area contributed by atoms with Gasteiger partial charge < -0.3 is 5.32 Å². The van der Waals surface area contributed by atoms with E-state index < -0.39 is 16.5 Å². The Morgan fingerprint density at radius 1 is 0.917 bits per heavy atom. The van der Waals surface area contributed by atoms with Crippen molar-refractivity contribution >= 4 is 16.5 Å². The van der Waals surface area contributed by atoms with Crippen molar-refractivity contribution in [1.29, 1.82) is 0 Å². The quantitative estimate of drug-likeness (QED) is 0.357. The smallest absolute Gasteiger partial charge is 0.323 e. The number of nitrogens with one attached hydrogen (secondary N) is 1. The lowest BCUT2D eigenvalue weighted by Gasteiger charge is -1.59. The number of hydrogen-bond acceptors (Lipinski definition) is 3. The first-order valence-corrected chi connectivity index (χ1v) is 4.50. The summed E-state index contributed by atoms with van der Waals surface area (Å²) in [6.45, 7) is 0. The highest BCUT2D eigenvalue weighted by Gasteiger charge is 1.93. The fourth-order valence-electron chi connectivity index (χ4n) is 0. The molecule has 0 aliphatic heterocycles. The van der Waals surface area contributed by atoms with Crippen molar-refractivity contribution in [1.82, 2.24) is 5.32 Å². The molecule has 0 aromatic rings. The van der Waals surface area contributed by atoms with Crippen molar-refractivity contribution in [2.75, 3.05) is 14.1 Å². The third-order valence-corrected chi connectivity index (χ3v) is 0. The van der Waals surface area contributed by atoms with Gasteiger partial charge in [0.05, 0.1) is 0 Å². The van der Waals surface area contributed by atoms with Crippen LogP contribution in [0.15, 0.2) is 0 Å². The highest BCUT2D eigenvalue weighted by Crippen LogP contribution is 1.98. The van der Waals surface area contributed by atoms with E-state index in [4.69, 9.17) is 28.7 Å². The Morgan fingerprint density at radius 2 is 0.917 bits per heavy atom. The van der Waals surface area contributed by atoms with Crippen LogP contribution in [0.25, 0.3) is 0 Å². The van der Waals surface area contributed by atoms with Gasteiger partial charge in [-0.25, -0.2) is 0 Å². The summed E-state index contributed by atoms with van der Waals surface area (Å²) in [5.41, 5.74) is 0. The third kappa shape index (κ3) is 466999999999999990148073183141429248. The van der Waals surface area contributed by atoms with Crippen LogP contribution in [0.3, 0.4) is 0 Å². The Bertz CT molecular complexity index is 89.0. The minimum atomic E-state index is -2.87. The van der Waals surface area contributed by atoms with E-state index in [1.807, 2.05) is 14.1 Å². The van der Waals surface area contributed by atoms with Crippen LogP contribution < -0.4 is 5.32 Å². The molecule has 0 aromatic carbocycles. The fourth-order valence-corrected chi connectivity index (χ4v) is 0. The Morgan fingerprint density at radius 3 is 0.917 bits per heavy atom. The summed E-state index contributed by atoms with van der Waals surface area (Å²) in [5.74, 6) is 0. The standard InChI is InChI=1S/C2H7N.CH4.2HO3P/c1-3-2;;2*1-4(2)3/h3H,1-2H3;1H4;2*(H-,1,2,3)/p+2. The van der Waals surface area contributed by atoms with Gasteiger partial charge in [-0.3, -0.25) is 0 Å². The van der Waals surface area contributed by atoms with E-state index in [1.165, 1.54) is 0 Å². The first-order valence-electron chi connectivity index (χ1n) is 2.17. The average Bonchev–Trinajstić information content (AvgIpc) is 1.60. The van der Waals surface area contributed by atoms with E-state index in [0.717, 1.165) is 0 Å². The van der Waals surface area contributed by atoms with Crippen molar-refractivity contribution in [3.8, 4) is 0 Å². The lowest BCUT2D eigenvalue weighted by atomic mass is 11.3. The lowest BCUT2D eigenvalue weighted by Crippen LogP contribution is -1.89. The molecule has 7 nitrogen and oxygen atoms in total. The zero-order valence-corrected chi connectivity index (χ0v) is 7.79. The molecule has 0 heterocycles. The van der Waals surface area contributed by atoms with Crippen LogP contribution in [0.5, 0.6) is 0 Å². The minimum Gasteiger partial charge on any atom is -0.323 e. The molecule has 9 heteroatoms. The van der Waals surface area contributed by atoms with Crippen molar-refractivity contribution in [2.45, 2.75) is 7.43 Å². The van der Waals surface area contributed by atoms with E-state index in [1.54, 1.807) is 0 Å². The van der Waals surface area contributed by atoms with Crippen molar-refractivity contribution in [3.63, 3.8) is 0 Å². The Hall–Kier alpha value is -0.0000000000000000416. The second-order valence-corrected chi connectivity index (χ2v) is 2.02. The van der Waals surface area contributed by atoms with Crippen LogP contribution in [0.4, 0.5) is 0 Å². The maximum Gasteiger partial charge on any atom is 0.692 e. The van der Waals surface area contributed by atoms with Crippen LogP contribution in [0, 0.1) is 0 Å². The first kappa shape index (κ1) is 22.7. The summed E-state index contributed by atoms with van der Waals surface area (Å²) in [5, 5.41) is 2.75. The molecule has 76 valence electrons. The van der Waals surface area contributed by atoms with Gasteiger partial charge in [-0.1, -0.05) is 7.43 Å². The summed E-state index contributed by atoms with van der Waals surface area (Å²) in [6, 6.07) is 0. The molecule has 0 radical (unpaired) electrons. The van der Waals surface area contributed by atoms with Gasteiger partial charge in [-0.2, -0.15) is 0 Å². The summed E-state index contributed by atoms with van der Waals surface area (Å²) in [7, 11) is -1.99. The van der Waals surface area contributed by atoms with Gasteiger partial charge in [0, 0.05) is 9.13 Å². The highest BCUT2D eigenvalue weighted by atomic mass is 31.1. The maximum atomic E-state index is 8.70. The zero-order valence-electron chi connectivity index (χ0n) is 6.00. The molecule has 0 spiro atoms. The van der Waals surface area contributed by atoms with Crippen molar-refractivity contribution in [2.24, 2.45) is 0 Å². The summed E-state index contributed by atoms with van der Waals surface area (Å²) in [4.78, 5) is 28.5. The maximum absolute atomic E-state index is 8.70. The molecule has 0 saturated carbocycles. The summed E-state index contributed by atoms with van der Waals surface area (Å²) < 4.78 is 17.4. The van der Waals surface area contributed by atoms with Crippen molar-refractivity contribution < 1.29 is 28.7 Å². The lowest BCUT2D eigenvalue weighted by molar-refractivity contribution is 0.403. The Balaban J connectivity index is -0.0000000389. The molecule has 5 N–H and O–H groups in total. The van der Waals surface area contributed by atoms with Crippen molar-refractivity contribution in [3.05, 3.63) is 0 Å².